The summed E-state index contributed by atoms with van der Waals surface area (Å²) in [5, 5.41) is 19.9. The Hall–Kier alpha value is -5.89. The first kappa shape index (κ1) is 30.1. The maximum absolute atomic E-state index is 13.1. The average molecular weight is 619 g/mol. The molecule has 0 amide bonds. The van der Waals surface area contributed by atoms with Crippen LogP contribution in [0.4, 0.5) is 0 Å². The molecule has 1 N–H and O–H groups in total. The molecule has 2 aromatic heterocycles. The van der Waals surface area contributed by atoms with Crippen LogP contribution in [0.25, 0.3) is 45.3 Å². The molecule has 0 spiro atoms. The minimum atomic E-state index is -0.491. The van der Waals surface area contributed by atoms with Crippen molar-refractivity contribution < 1.29 is 0 Å². The molecule has 8 heteroatoms. The van der Waals surface area contributed by atoms with E-state index in [1.165, 1.54) is 0 Å². The molecule has 0 unspecified atom stereocenters. The first-order valence-corrected chi connectivity index (χ1v) is 15.0. The fraction of sp³-hybridized carbons (Fsp3) is 0.105. The summed E-state index contributed by atoms with van der Waals surface area (Å²) in [5.74, 6) is 0.804. The number of nitrogens with zero attached hydrogens (tertiary/aromatic N) is 5. The Labute approximate surface area is 271 Å². The zero-order valence-electron chi connectivity index (χ0n) is 25.1. The molecule has 0 atom stereocenters. The van der Waals surface area contributed by atoms with Crippen LogP contribution in [-0.4, -0.2) is 19.9 Å². The highest BCUT2D eigenvalue weighted by Crippen LogP contribution is 2.38. The minimum absolute atomic E-state index is 0.0422. The number of halogens is 1. The van der Waals surface area contributed by atoms with E-state index >= 15 is 0 Å². The summed E-state index contributed by atoms with van der Waals surface area (Å²) in [6, 6.07) is 38.6. The lowest BCUT2D eigenvalue weighted by atomic mass is 9.76. The Balaban J connectivity index is 1.46. The lowest BCUT2D eigenvalue weighted by Gasteiger charge is -2.29. The van der Waals surface area contributed by atoms with Crippen LogP contribution in [0.1, 0.15) is 36.1 Å². The Kier molecular flexibility index (Phi) is 8.27. The van der Waals surface area contributed by atoms with Crippen LogP contribution in [-0.2, 0) is 11.8 Å². The molecule has 0 saturated heterocycles. The van der Waals surface area contributed by atoms with E-state index in [2.05, 4.69) is 36.0 Å². The summed E-state index contributed by atoms with van der Waals surface area (Å²) in [6.07, 6.45) is 0.537. The largest absolute Gasteiger partial charge is 0.305 e. The second-order valence-electron chi connectivity index (χ2n) is 11.4. The maximum Gasteiger partial charge on any atom is 0.269 e. The Morgan fingerprint density at radius 3 is 1.96 bits per heavy atom. The molecule has 0 radical (unpaired) electrons. The van der Waals surface area contributed by atoms with E-state index in [1.54, 1.807) is 0 Å². The fourth-order valence-corrected chi connectivity index (χ4v) is 5.92. The van der Waals surface area contributed by atoms with Gasteiger partial charge in [0.25, 0.3) is 5.56 Å². The van der Waals surface area contributed by atoms with Crippen LogP contribution in [0.2, 0.25) is 5.15 Å². The summed E-state index contributed by atoms with van der Waals surface area (Å²) in [6.45, 7) is 4.25. The molecule has 0 aliphatic carbocycles. The number of H-pyrrole nitrogens is 1. The van der Waals surface area contributed by atoms with Gasteiger partial charge in [-0.15, -0.1) is 0 Å². The zero-order chi connectivity index (χ0) is 32.3. The van der Waals surface area contributed by atoms with Gasteiger partial charge in [0.1, 0.15) is 29.1 Å². The normalized spacial score (nSPS) is 11.1. The Morgan fingerprint density at radius 1 is 0.696 bits per heavy atom. The van der Waals surface area contributed by atoms with E-state index in [0.717, 1.165) is 27.8 Å². The van der Waals surface area contributed by atoms with Crippen molar-refractivity contribution in [1.29, 1.82) is 10.5 Å². The van der Waals surface area contributed by atoms with E-state index < -0.39 is 11.0 Å². The Bertz CT molecular complexity index is 2210. The van der Waals surface area contributed by atoms with Gasteiger partial charge in [0.2, 0.25) is 0 Å². The smallest absolute Gasteiger partial charge is 0.269 e. The quantitative estimate of drug-likeness (QED) is 0.180. The summed E-state index contributed by atoms with van der Waals surface area (Å²) >= 11 is 6.58. The van der Waals surface area contributed by atoms with Crippen LogP contribution in [0, 0.1) is 22.7 Å². The number of nitriles is 2. The molecule has 0 aliphatic rings. The third-order valence-corrected chi connectivity index (χ3v) is 8.18. The van der Waals surface area contributed by atoms with Crippen LogP contribution in [0.3, 0.4) is 0 Å². The second kappa shape index (κ2) is 12.6. The molecule has 6 aromatic rings. The predicted molar refractivity (Wildman–Crippen MR) is 180 cm³/mol. The predicted octanol–water partition coefficient (Wildman–Crippen LogP) is 8.14. The maximum atomic E-state index is 13.1. The molecule has 222 valence electrons. The highest BCUT2D eigenvalue weighted by Gasteiger charge is 2.28. The van der Waals surface area contributed by atoms with Gasteiger partial charge in [0.15, 0.2) is 11.0 Å². The van der Waals surface area contributed by atoms with Crippen molar-refractivity contribution in [3.8, 4) is 57.4 Å². The van der Waals surface area contributed by atoms with Gasteiger partial charge >= 0.3 is 0 Å². The number of hydrogen-bond acceptors (Lipinski definition) is 6. The van der Waals surface area contributed by atoms with Crippen molar-refractivity contribution >= 4 is 11.6 Å². The van der Waals surface area contributed by atoms with Gasteiger partial charge in [0, 0.05) is 22.3 Å². The minimum Gasteiger partial charge on any atom is -0.305 e. The third kappa shape index (κ3) is 5.80. The highest BCUT2D eigenvalue weighted by molar-refractivity contribution is 6.31. The first-order chi connectivity index (χ1) is 22.3. The van der Waals surface area contributed by atoms with Crippen LogP contribution in [0.5, 0.6) is 0 Å². The van der Waals surface area contributed by atoms with Crippen molar-refractivity contribution in [1.82, 2.24) is 19.9 Å². The molecular formula is C38H27ClN6O. The topological polar surface area (TPSA) is 119 Å². The van der Waals surface area contributed by atoms with Crippen molar-refractivity contribution in [3.05, 3.63) is 147 Å². The van der Waals surface area contributed by atoms with Gasteiger partial charge in [0.05, 0.1) is 11.4 Å². The van der Waals surface area contributed by atoms with E-state index in [1.807, 2.05) is 109 Å². The molecule has 6 rings (SSSR count). The highest BCUT2D eigenvalue weighted by atomic mass is 35.5. The first-order valence-electron chi connectivity index (χ1n) is 14.6. The molecule has 7 nitrogen and oxygen atoms in total. The number of aromatic amines is 1. The number of aromatic nitrogens is 4. The van der Waals surface area contributed by atoms with Gasteiger partial charge in [-0.3, -0.25) is 4.79 Å². The van der Waals surface area contributed by atoms with Gasteiger partial charge < -0.3 is 4.98 Å². The standard InChI is InChI=1S/C38H27ClN6O/c1-38(2,31-20-12-11-19-28(31)36-42-32(24-13-5-3-6-14-24)29(22-40)34(39)44-36)21-26-17-9-10-18-27(26)33-30(23-41)37(46)45-35(43-33)25-15-7-4-8-16-25/h3-20H,21H2,1-2H3,(H,43,45,46). The molecule has 2 heterocycles. The summed E-state index contributed by atoms with van der Waals surface area (Å²) in [5.41, 5.74) is 4.88. The number of nitrogens with one attached hydrogen (secondary N) is 1. The zero-order valence-corrected chi connectivity index (χ0v) is 25.9. The van der Waals surface area contributed by atoms with Gasteiger partial charge in [-0.25, -0.2) is 15.0 Å². The SMILES string of the molecule is CC(C)(Cc1ccccc1-c1nc(-c2ccccc2)[nH]c(=O)c1C#N)c1ccccc1-c1nc(Cl)c(C#N)c(-c2ccccc2)n1. The van der Waals surface area contributed by atoms with Crippen LogP contribution < -0.4 is 5.56 Å². The fourth-order valence-electron chi connectivity index (χ4n) is 5.71. The molecule has 46 heavy (non-hydrogen) atoms. The van der Waals surface area contributed by atoms with Crippen molar-refractivity contribution in [2.45, 2.75) is 25.7 Å². The monoisotopic (exact) mass is 618 g/mol. The van der Waals surface area contributed by atoms with E-state index in [0.29, 0.717) is 35.0 Å². The van der Waals surface area contributed by atoms with Crippen LogP contribution in [0.15, 0.2) is 114 Å². The number of hydrogen-bond donors (Lipinski definition) is 1. The molecule has 0 saturated carbocycles. The molecule has 0 fully saturated rings. The van der Waals surface area contributed by atoms with Gasteiger partial charge in [-0.2, -0.15) is 10.5 Å². The van der Waals surface area contributed by atoms with E-state index in [4.69, 9.17) is 21.6 Å². The average Bonchev–Trinajstić information content (AvgIpc) is 3.08. The van der Waals surface area contributed by atoms with Crippen LogP contribution >= 0.6 is 11.6 Å². The van der Waals surface area contributed by atoms with E-state index in [-0.39, 0.29) is 16.3 Å². The lowest BCUT2D eigenvalue weighted by Crippen LogP contribution is -2.23. The van der Waals surface area contributed by atoms with Crippen molar-refractivity contribution in [2.24, 2.45) is 0 Å². The summed E-state index contributed by atoms with van der Waals surface area (Å²) in [7, 11) is 0. The molecule has 4 aromatic carbocycles. The summed E-state index contributed by atoms with van der Waals surface area (Å²) < 4.78 is 0. The molecule has 0 aliphatic heterocycles. The van der Waals surface area contributed by atoms with Crippen molar-refractivity contribution in [2.75, 3.05) is 0 Å². The van der Waals surface area contributed by atoms with Gasteiger partial charge in [-0.05, 0) is 23.0 Å². The third-order valence-electron chi connectivity index (χ3n) is 7.90. The van der Waals surface area contributed by atoms with E-state index in [9.17, 15) is 15.3 Å². The Morgan fingerprint density at radius 2 is 1.28 bits per heavy atom. The second-order valence-corrected chi connectivity index (χ2v) is 11.8. The van der Waals surface area contributed by atoms with Gasteiger partial charge in [-0.1, -0.05) is 135 Å². The molecular weight excluding hydrogens is 592 g/mol. The number of benzene rings is 4. The molecule has 0 bridgehead atoms. The summed E-state index contributed by atoms with van der Waals surface area (Å²) in [4.78, 5) is 30.1. The lowest BCUT2D eigenvalue weighted by molar-refractivity contribution is 0.524. The van der Waals surface area contributed by atoms with Crippen molar-refractivity contribution in [3.63, 3.8) is 0 Å². The number of rotatable bonds is 7.